The van der Waals surface area contributed by atoms with E-state index in [9.17, 15) is 4.79 Å². The zero-order valence-corrected chi connectivity index (χ0v) is 17.1. The zero-order chi connectivity index (χ0) is 21.0. The molecule has 0 heterocycles. The Kier molecular flexibility index (Phi) is 15.7. The molecule has 0 spiro atoms. The first-order valence-electron chi connectivity index (χ1n) is 9.69. The number of esters is 1. The van der Waals surface area contributed by atoms with Gasteiger partial charge in [0.15, 0.2) is 0 Å². The van der Waals surface area contributed by atoms with Gasteiger partial charge < -0.3 is 38.9 Å². The molecule has 1 aromatic rings. The monoisotopic (exact) mass is 415 g/mol. The third-order valence-electron chi connectivity index (χ3n) is 3.43. The first-order chi connectivity index (χ1) is 14.2. The van der Waals surface area contributed by atoms with Crippen LogP contribution in [0.3, 0.4) is 0 Å². The van der Waals surface area contributed by atoms with Gasteiger partial charge in [-0.15, -0.1) is 0 Å². The second-order valence-corrected chi connectivity index (χ2v) is 5.79. The SMILES string of the molecule is CC(=O)OCCOCCOCCOCCOCCOCCOc1ccccc1N. The Bertz CT molecular complexity index is 529. The number of rotatable bonds is 19. The summed E-state index contributed by atoms with van der Waals surface area (Å²) in [7, 11) is 0. The fourth-order valence-electron chi connectivity index (χ4n) is 2.05. The summed E-state index contributed by atoms with van der Waals surface area (Å²) in [6, 6.07) is 7.36. The zero-order valence-electron chi connectivity index (χ0n) is 17.1. The van der Waals surface area contributed by atoms with E-state index in [-0.39, 0.29) is 12.6 Å². The summed E-state index contributed by atoms with van der Waals surface area (Å²) < 4.78 is 37.1. The first-order valence-corrected chi connectivity index (χ1v) is 9.69. The van der Waals surface area contributed by atoms with E-state index in [0.29, 0.717) is 84.1 Å². The van der Waals surface area contributed by atoms with Gasteiger partial charge in [0.1, 0.15) is 19.0 Å². The van der Waals surface area contributed by atoms with E-state index in [1.165, 1.54) is 6.92 Å². The van der Waals surface area contributed by atoms with Crippen LogP contribution in [0.4, 0.5) is 5.69 Å². The lowest BCUT2D eigenvalue weighted by molar-refractivity contribution is -0.142. The van der Waals surface area contributed by atoms with Crippen LogP contribution in [0.5, 0.6) is 5.75 Å². The van der Waals surface area contributed by atoms with E-state index in [4.69, 9.17) is 38.9 Å². The molecule has 0 amide bonds. The minimum absolute atomic E-state index is 0.264. The van der Waals surface area contributed by atoms with Crippen LogP contribution in [0.25, 0.3) is 0 Å². The highest BCUT2D eigenvalue weighted by molar-refractivity contribution is 5.65. The van der Waals surface area contributed by atoms with Gasteiger partial charge in [-0.25, -0.2) is 0 Å². The summed E-state index contributed by atoms with van der Waals surface area (Å²) in [5.74, 6) is 0.359. The van der Waals surface area contributed by atoms with Crippen LogP contribution in [-0.4, -0.2) is 85.3 Å². The summed E-state index contributed by atoms with van der Waals surface area (Å²) in [4.78, 5) is 10.5. The van der Waals surface area contributed by atoms with Crippen LogP contribution >= 0.6 is 0 Å². The Morgan fingerprint density at radius 3 is 1.55 bits per heavy atom. The Morgan fingerprint density at radius 2 is 1.10 bits per heavy atom. The lowest BCUT2D eigenvalue weighted by Gasteiger charge is -2.09. The highest BCUT2D eigenvalue weighted by Gasteiger charge is 1.98. The maximum atomic E-state index is 10.5. The number of hydrogen-bond donors (Lipinski definition) is 1. The van der Waals surface area contributed by atoms with Gasteiger partial charge in [-0.3, -0.25) is 4.79 Å². The molecule has 0 atom stereocenters. The molecule has 0 unspecified atom stereocenters. The predicted octanol–water partition coefficient (Wildman–Crippen LogP) is 1.29. The maximum absolute atomic E-state index is 10.5. The van der Waals surface area contributed by atoms with E-state index in [0.717, 1.165) is 0 Å². The van der Waals surface area contributed by atoms with E-state index in [2.05, 4.69) is 0 Å². The summed E-state index contributed by atoms with van der Waals surface area (Å²) >= 11 is 0. The van der Waals surface area contributed by atoms with Gasteiger partial charge in [0.25, 0.3) is 0 Å². The molecule has 29 heavy (non-hydrogen) atoms. The number of ether oxygens (including phenoxy) is 7. The highest BCUT2D eigenvalue weighted by atomic mass is 16.6. The van der Waals surface area contributed by atoms with Crippen LogP contribution < -0.4 is 10.5 Å². The van der Waals surface area contributed by atoms with Crippen LogP contribution in [0.2, 0.25) is 0 Å². The van der Waals surface area contributed by atoms with Crippen molar-refractivity contribution in [3.63, 3.8) is 0 Å². The van der Waals surface area contributed by atoms with Gasteiger partial charge in [-0.05, 0) is 12.1 Å². The van der Waals surface area contributed by atoms with Crippen molar-refractivity contribution in [3.05, 3.63) is 24.3 Å². The standard InChI is InChI=1S/C20H33NO8/c1-18(22)28-16-14-26-12-10-24-8-6-23-7-9-25-11-13-27-15-17-29-20-5-3-2-4-19(20)21/h2-5H,6-17,21H2,1H3. The Labute approximate surface area is 172 Å². The molecule has 0 radical (unpaired) electrons. The van der Waals surface area contributed by atoms with Crippen molar-refractivity contribution in [2.24, 2.45) is 0 Å². The summed E-state index contributed by atoms with van der Waals surface area (Å²) in [5.41, 5.74) is 6.40. The van der Waals surface area contributed by atoms with Crippen molar-refractivity contribution in [1.29, 1.82) is 0 Å². The summed E-state index contributed by atoms with van der Waals surface area (Å²) in [6.07, 6.45) is 0. The number of anilines is 1. The van der Waals surface area contributed by atoms with Gasteiger partial charge in [-0.2, -0.15) is 0 Å². The Hall–Kier alpha value is -1.91. The van der Waals surface area contributed by atoms with Gasteiger partial charge in [0, 0.05) is 6.92 Å². The minimum Gasteiger partial charge on any atom is -0.489 e. The van der Waals surface area contributed by atoms with Crippen molar-refractivity contribution in [2.75, 3.05) is 85.0 Å². The van der Waals surface area contributed by atoms with Crippen molar-refractivity contribution < 1.29 is 38.0 Å². The number of nitrogen functional groups attached to an aromatic ring is 1. The molecule has 1 rings (SSSR count). The van der Waals surface area contributed by atoms with Crippen LogP contribution in [-0.2, 0) is 33.2 Å². The molecule has 2 N–H and O–H groups in total. The molecule has 0 aliphatic rings. The average Bonchev–Trinajstić information content (AvgIpc) is 2.70. The van der Waals surface area contributed by atoms with E-state index in [1.54, 1.807) is 6.07 Å². The normalized spacial score (nSPS) is 10.8. The van der Waals surface area contributed by atoms with Gasteiger partial charge in [0.05, 0.1) is 71.8 Å². The summed E-state index contributed by atoms with van der Waals surface area (Å²) in [5, 5.41) is 0. The van der Waals surface area contributed by atoms with Gasteiger partial charge in [0.2, 0.25) is 0 Å². The fourth-order valence-corrected chi connectivity index (χ4v) is 2.05. The third-order valence-corrected chi connectivity index (χ3v) is 3.43. The largest absolute Gasteiger partial charge is 0.489 e. The molecular formula is C20H33NO8. The molecule has 0 aliphatic carbocycles. The van der Waals surface area contributed by atoms with Gasteiger partial charge >= 0.3 is 5.97 Å². The van der Waals surface area contributed by atoms with Crippen molar-refractivity contribution in [3.8, 4) is 5.75 Å². The molecule has 9 heteroatoms. The lowest BCUT2D eigenvalue weighted by atomic mass is 10.3. The molecule has 0 bridgehead atoms. The molecule has 1 aromatic carbocycles. The van der Waals surface area contributed by atoms with Crippen LogP contribution in [0.1, 0.15) is 6.92 Å². The first kappa shape index (κ1) is 25.1. The molecule has 0 saturated carbocycles. The van der Waals surface area contributed by atoms with E-state index < -0.39 is 0 Å². The average molecular weight is 415 g/mol. The molecule has 9 nitrogen and oxygen atoms in total. The highest BCUT2D eigenvalue weighted by Crippen LogP contribution is 2.19. The van der Waals surface area contributed by atoms with Crippen molar-refractivity contribution in [2.45, 2.75) is 6.92 Å². The second kappa shape index (κ2) is 18.1. The molecule has 0 fully saturated rings. The number of hydrogen-bond acceptors (Lipinski definition) is 9. The van der Waals surface area contributed by atoms with E-state index in [1.807, 2.05) is 18.2 Å². The number of para-hydroxylation sites is 2. The lowest BCUT2D eigenvalue weighted by Crippen LogP contribution is -2.15. The summed E-state index contributed by atoms with van der Waals surface area (Å²) in [6.45, 7) is 6.80. The Balaban J connectivity index is 1.72. The molecule has 0 aliphatic heterocycles. The second-order valence-electron chi connectivity index (χ2n) is 5.79. The predicted molar refractivity (Wildman–Crippen MR) is 107 cm³/mol. The van der Waals surface area contributed by atoms with Crippen molar-refractivity contribution in [1.82, 2.24) is 0 Å². The number of benzene rings is 1. The molecule has 0 saturated heterocycles. The van der Waals surface area contributed by atoms with Crippen LogP contribution in [0, 0.1) is 0 Å². The molecule has 0 aromatic heterocycles. The van der Waals surface area contributed by atoms with Crippen molar-refractivity contribution >= 4 is 11.7 Å². The maximum Gasteiger partial charge on any atom is 0.302 e. The number of nitrogens with two attached hydrogens (primary N) is 1. The van der Waals surface area contributed by atoms with Crippen LogP contribution in [0.15, 0.2) is 24.3 Å². The number of carbonyl (C=O) groups excluding carboxylic acids is 1. The molecular weight excluding hydrogens is 382 g/mol. The minimum atomic E-state index is -0.307. The quantitative estimate of drug-likeness (QED) is 0.203. The Morgan fingerprint density at radius 1 is 0.690 bits per heavy atom. The van der Waals surface area contributed by atoms with E-state index >= 15 is 0 Å². The van der Waals surface area contributed by atoms with Gasteiger partial charge in [-0.1, -0.05) is 12.1 Å². The molecule has 166 valence electrons. The smallest absolute Gasteiger partial charge is 0.302 e. The number of carbonyl (C=O) groups is 1. The fraction of sp³-hybridized carbons (Fsp3) is 0.650. The topological polar surface area (TPSA) is 108 Å². The third kappa shape index (κ3) is 15.7.